The number of hydrogen-bond donors (Lipinski definition) is 1. The van der Waals surface area contributed by atoms with Crippen LogP contribution in [0.5, 0.6) is 5.75 Å². The molecule has 1 aliphatic rings. The average molecular weight is 278 g/mol. The quantitative estimate of drug-likeness (QED) is 0.902. The number of aromatic nitrogens is 1. The predicted molar refractivity (Wildman–Crippen MR) is 78.2 cm³/mol. The number of nitrogens with one attached hydrogen (secondary N) is 1. The number of nitrogens with zero attached hydrogens (tertiary/aromatic N) is 3. The molecule has 0 aromatic carbocycles. The Hall–Kier alpha value is -1.98. The molecule has 0 unspecified atom stereocenters. The summed E-state index contributed by atoms with van der Waals surface area (Å²) >= 11 is 0. The molecule has 1 fully saturated rings. The number of ether oxygens (including phenoxy) is 1. The fourth-order valence-electron chi connectivity index (χ4n) is 2.26. The number of rotatable bonds is 4. The molecule has 0 bridgehead atoms. The number of carbonyl (C=O) groups is 1. The molecule has 1 atom stereocenters. The lowest BCUT2D eigenvalue weighted by atomic mass is 10.3. The lowest BCUT2D eigenvalue weighted by molar-refractivity contribution is 0.187. The van der Waals surface area contributed by atoms with Gasteiger partial charge in [0.1, 0.15) is 6.10 Å². The van der Waals surface area contributed by atoms with Crippen molar-refractivity contribution in [2.75, 3.05) is 38.6 Å². The molecule has 2 rings (SSSR count). The van der Waals surface area contributed by atoms with Gasteiger partial charge in [-0.3, -0.25) is 0 Å². The number of carbonyl (C=O) groups excluding carboxylic acids is 1. The molecule has 2 heterocycles. The Morgan fingerprint density at radius 1 is 1.60 bits per heavy atom. The minimum Gasteiger partial charge on any atom is -0.485 e. The Morgan fingerprint density at radius 2 is 2.40 bits per heavy atom. The molecule has 1 aliphatic heterocycles. The molecule has 2 amide bonds. The number of anilines is 1. The minimum atomic E-state index is -0.0161. The third kappa shape index (κ3) is 3.31. The number of pyridine rings is 1. The summed E-state index contributed by atoms with van der Waals surface area (Å²) in [7, 11) is 3.87. The maximum atomic E-state index is 11.8. The number of urea groups is 1. The van der Waals surface area contributed by atoms with Gasteiger partial charge in [-0.2, -0.15) is 0 Å². The number of hydrogen-bond acceptors (Lipinski definition) is 4. The Kier molecular flexibility index (Phi) is 4.65. The normalized spacial score (nSPS) is 17.9. The summed E-state index contributed by atoms with van der Waals surface area (Å²) in [5, 5.41) is 2.81. The third-order valence-corrected chi connectivity index (χ3v) is 3.23. The van der Waals surface area contributed by atoms with Crippen LogP contribution in [-0.4, -0.2) is 55.7 Å². The maximum absolute atomic E-state index is 11.8. The van der Waals surface area contributed by atoms with Crippen LogP contribution in [0, 0.1) is 0 Å². The van der Waals surface area contributed by atoms with Crippen LogP contribution in [0.15, 0.2) is 18.3 Å². The maximum Gasteiger partial charge on any atom is 0.317 e. The van der Waals surface area contributed by atoms with E-state index in [0.717, 1.165) is 24.5 Å². The Balaban J connectivity index is 1.97. The van der Waals surface area contributed by atoms with Gasteiger partial charge in [-0.15, -0.1) is 0 Å². The van der Waals surface area contributed by atoms with Gasteiger partial charge >= 0.3 is 6.03 Å². The van der Waals surface area contributed by atoms with Gasteiger partial charge in [-0.05, 0) is 19.1 Å². The standard InChI is InChI=1S/C14H22N4O2/c1-4-15-14(19)18-9-7-11(10-18)20-12-6-5-8-16-13(12)17(2)3/h5-6,8,11H,4,7,9-10H2,1-3H3,(H,15,19)/t11-/m0/s1. The van der Waals surface area contributed by atoms with E-state index < -0.39 is 0 Å². The minimum absolute atomic E-state index is 0.0161. The van der Waals surface area contributed by atoms with Gasteiger partial charge < -0.3 is 19.9 Å². The Morgan fingerprint density at radius 3 is 3.10 bits per heavy atom. The molecular weight excluding hydrogens is 256 g/mol. The van der Waals surface area contributed by atoms with Crippen LogP contribution in [0.3, 0.4) is 0 Å². The zero-order valence-electron chi connectivity index (χ0n) is 12.3. The fourth-order valence-corrected chi connectivity index (χ4v) is 2.26. The van der Waals surface area contributed by atoms with E-state index in [-0.39, 0.29) is 12.1 Å². The highest BCUT2D eigenvalue weighted by Crippen LogP contribution is 2.26. The molecular formula is C14H22N4O2. The molecule has 0 aliphatic carbocycles. The lowest BCUT2D eigenvalue weighted by Crippen LogP contribution is -2.39. The average Bonchev–Trinajstić information content (AvgIpc) is 2.88. The largest absolute Gasteiger partial charge is 0.485 e. The van der Waals surface area contributed by atoms with Crippen molar-refractivity contribution in [3.8, 4) is 5.75 Å². The zero-order chi connectivity index (χ0) is 14.5. The summed E-state index contributed by atoms with van der Waals surface area (Å²) < 4.78 is 6.00. The van der Waals surface area contributed by atoms with Crippen molar-refractivity contribution in [3.63, 3.8) is 0 Å². The van der Waals surface area contributed by atoms with E-state index >= 15 is 0 Å². The van der Waals surface area contributed by atoms with E-state index in [4.69, 9.17) is 4.74 Å². The highest BCUT2D eigenvalue weighted by molar-refractivity contribution is 5.74. The second kappa shape index (κ2) is 6.45. The second-order valence-electron chi connectivity index (χ2n) is 5.03. The molecule has 20 heavy (non-hydrogen) atoms. The van der Waals surface area contributed by atoms with Crippen LogP contribution in [-0.2, 0) is 0 Å². The fraction of sp³-hybridized carbons (Fsp3) is 0.571. The highest BCUT2D eigenvalue weighted by Gasteiger charge is 2.28. The molecule has 1 N–H and O–H groups in total. The van der Waals surface area contributed by atoms with Gasteiger partial charge in [-0.1, -0.05) is 0 Å². The topological polar surface area (TPSA) is 57.7 Å². The van der Waals surface area contributed by atoms with Crippen LogP contribution < -0.4 is 15.0 Å². The predicted octanol–water partition coefficient (Wildman–Crippen LogP) is 1.33. The molecule has 6 nitrogen and oxygen atoms in total. The Bertz CT molecular complexity index is 464. The molecule has 110 valence electrons. The van der Waals surface area contributed by atoms with Gasteiger partial charge in [0.25, 0.3) is 0 Å². The van der Waals surface area contributed by atoms with E-state index in [9.17, 15) is 4.79 Å². The first-order valence-electron chi connectivity index (χ1n) is 6.93. The highest BCUT2D eigenvalue weighted by atomic mass is 16.5. The van der Waals surface area contributed by atoms with Crippen LogP contribution >= 0.6 is 0 Å². The van der Waals surface area contributed by atoms with Gasteiger partial charge in [-0.25, -0.2) is 9.78 Å². The first-order valence-corrected chi connectivity index (χ1v) is 6.93. The molecule has 1 aromatic heterocycles. The molecule has 0 radical (unpaired) electrons. The van der Waals surface area contributed by atoms with Crippen molar-refractivity contribution in [1.29, 1.82) is 0 Å². The monoisotopic (exact) mass is 278 g/mol. The first kappa shape index (κ1) is 14.4. The summed E-state index contributed by atoms with van der Waals surface area (Å²) in [6, 6.07) is 3.76. The summed E-state index contributed by atoms with van der Waals surface area (Å²) in [6.45, 7) is 3.91. The first-order chi connectivity index (χ1) is 9.61. The molecule has 0 saturated carbocycles. The van der Waals surface area contributed by atoms with Gasteiger partial charge in [0.2, 0.25) is 0 Å². The Labute approximate surface area is 119 Å². The van der Waals surface area contributed by atoms with Gasteiger partial charge in [0.05, 0.1) is 6.54 Å². The molecule has 0 spiro atoms. The van der Waals surface area contributed by atoms with Crippen molar-refractivity contribution in [2.24, 2.45) is 0 Å². The van der Waals surface area contributed by atoms with Crippen molar-refractivity contribution in [3.05, 3.63) is 18.3 Å². The van der Waals surface area contributed by atoms with Gasteiger partial charge in [0, 0.05) is 39.8 Å². The van der Waals surface area contributed by atoms with Crippen LogP contribution in [0.4, 0.5) is 10.6 Å². The molecule has 1 aromatic rings. The second-order valence-corrected chi connectivity index (χ2v) is 5.03. The zero-order valence-corrected chi connectivity index (χ0v) is 12.3. The third-order valence-electron chi connectivity index (χ3n) is 3.23. The van der Waals surface area contributed by atoms with Crippen molar-refractivity contribution in [1.82, 2.24) is 15.2 Å². The summed E-state index contributed by atoms with van der Waals surface area (Å²) in [5.41, 5.74) is 0. The van der Waals surface area contributed by atoms with E-state index in [1.54, 1.807) is 11.1 Å². The van der Waals surface area contributed by atoms with Gasteiger partial charge in [0.15, 0.2) is 11.6 Å². The molecule has 1 saturated heterocycles. The lowest BCUT2D eigenvalue weighted by Gasteiger charge is -2.20. The van der Waals surface area contributed by atoms with E-state index in [0.29, 0.717) is 13.1 Å². The van der Waals surface area contributed by atoms with E-state index in [1.165, 1.54) is 0 Å². The number of amides is 2. The summed E-state index contributed by atoms with van der Waals surface area (Å²) in [4.78, 5) is 19.8. The van der Waals surface area contributed by atoms with E-state index in [2.05, 4.69) is 10.3 Å². The smallest absolute Gasteiger partial charge is 0.317 e. The van der Waals surface area contributed by atoms with Crippen LogP contribution in [0.25, 0.3) is 0 Å². The van der Waals surface area contributed by atoms with Crippen molar-refractivity contribution >= 4 is 11.8 Å². The van der Waals surface area contributed by atoms with Crippen molar-refractivity contribution in [2.45, 2.75) is 19.4 Å². The van der Waals surface area contributed by atoms with Crippen molar-refractivity contribution < 1.29 is 9.53 Å². The van der Waals surface area contributed by atoms with E-state index in [1.807, 2.05) is 38.1 Å². The van der Waals surface area contributed by atoms with Crippen LogP contribution in [0.1, 0.15) is 13.3 Å². The van der Waals surface area contributed by atoms with Crippen LogP contribution in [0.2, 0.25) is 0 Å². The number of likely N-dealkylation sites (tertiary alicyclic amines) is 1. The summed E-state index contributed by atoms with van der Waals surface area (Å²) in [5.74, 6) is 1.57. The SMILES string of the molecule is CCNC(=O)N1CC[C@H](Oc2cccnc2N(C)C)C1. The molecule has 6 heteroatoms. The summed E-state index contributed by atoms with van der Waals surface area (Å²) in [6.07, 6.45) is 2.62.